The van der Waals surface area contributed by atoms with Crippen molar-refractivity contribution >= 4 is 28.4 Å². The number of rotatable bonds is 1. The minimum absolute atomic E-state index is 0.602. The molecule has 0 amide bonds. The fraction of sp³-hybridized carbons (Fsp3) is 0.750. The first-order chi connectivity index (χ1) is 3.43. The Morgan fingerprint density at radius 1 is 1.86 bits per heavy atom. The Morgan fingerprint density at radius 3 is 3.00 bits per heavy atom. The van der Waals surface area contributed by atoms with Crippen LogP contribution in [0.2, 0.25) is 0 Å². The number of nitrogens with zero attached hydrogens (tertiary/aromatic N) is 1. The monoisotopic (exact) mass is 135 g/mol. The highest BCUT2D eigenvalue weighted by Crippen LogP contribution is 2.11. The van der Waals surface area contributed by atoms with Crippen molar-refractivity contribution in [1.29, 1.82) is 0 Å². The van der Waals surface area contributed by atoms with Crippen molar-refractivity contribution < 1.29 is 0 Å². The van der Waals surface area contributed by atoms with Gasteiger partial charge in [-0.2, -0.15) is 0 Å². The molecule has 1 aliphatic heterocycles. The van der Waals surface area contributed by atoms with Gasteiger partial charge in [-0.15, -0.1) is 23.4 Å². The zero-order valence-electron chi connectivity index (χ0n) is 3.85. The standard InChI is InChI=1S/C4H6ClNS/c5-3-4-6-1-2-7-4/h1-3H2. The number of hydrogen-bond acceptors (Lipinski definition) is 2. The van der Waals surface area contributed by atoms with Gasteiger partial charge in [-0.25, -0.2) is 0 Å². The molecule has 1 aliphatic rings. The second-order valence-corrected chi connectivity index (χ2v) is 2.69. The Kier molecular flexibility index (Phi) is 2.00. The van der Waals surface area contributed by atoms with Crippen LogP contribution in [0, 0.1) is 0 Å². The van der Waals surface area contributed by atoms with E-state index >= 15 is 0 Å². The zero-order chi connectivity index (χ0) is 5.11. The molecular formula is C4H6ClNS. The fourth-order valence-corrected chi connectivity index (χ4v) is 1.45. The molecule has 0 aromatic heterocycles. The molecule has 0 radical (unpaired) electrons. The van der Waals surface area contributed by atoms with Crippen molar-refractivity contribution in [3.05, 3.63) is 0 Å². The highest BCUT2D eigenvalue weighted by atomic mass is 35.5. The van der Waals surface area contributed by atoms with E-state index in [1.807, 2.05) is 0 Å². The van der Waals surface area contributed by atoms with E-state index in [9.17, 15) is 0 Å². The molecule has 40 valence electrons. The molecule has 0 N–H and O–H groups in total. The van der Waals surface area contributed by atoms with Crippen LogP contribution in [0.25, 0.3) is 0 Å². The molecular weight excluding hydrogens is 130 g/mol. The molecule has 0 atom stereocenters. The van der Waals surface area contributed by atoms with Crippen molar-refractivity contribution in [2.45, 2.75) is 0 Å². The third-order valence-corrected chi connectivity index (χ3v) is 2.17. The van der Waals surface area contributed by atoms with Crippen LogP contribution in [-0.4, -0.2) is 23.2 Å². The van der Waals surface area contributed by atoms with Crippen LogP contribution in [0.4, 0.5) is 0 Å². The fourth-order valence-electron chi connectivity index (χ4n) is 0.460. The van der Waals surface area contributed by atoms with Crippen molar-refractivity contribution in [3.8, 4) is 0 Å². The summed E-state index contributed by atoms with van der Waals surface area (Å²) in [5.74, 6) is 1.73. The van der Waals surface area contributed by atoms with Crippen LogP contribution in [0.15, 0.2) is 4.99 Å². The summed E-state index contributed by atoms with van der Waals surface area (Å²) in [4.78, 5) is 4.10. The average Bonchev–Trinajstić information content (AvgIpc) is 2.14. The van der Waals surface area contributed by atoms with E-state index in [1.165, 1.54) is 0 Å². The lowest BCUT2D eigenvalue weighted by Gasteiger charge is -1.83. The summed E-state index contributed by atoms with van der Waals surface area (Å²) in [7, 11) is 0. The van der Waals surface area contributed by atoms with Crippen LogP contribution in [0.5, 0.6) is 0 Å². The predicted octanol–water partition coefficient (Wildman–Crippen LogP) is 1.37. The molecule has 0 aromatic carbocycles. The van der Waals surface area contributed by atoms with Crippen molar-refractivity contribution in [2.75, 3.05) is 18.2 Å². The van der Waals surface area contributed by atoms with E-state index in [1.54, 1.807) is 11.8 Å². The van der Waals surface area contributed by atoms with Gasteiger partial charge in [-0.05, 0) is 0 Å². The second kappa shape index (κ2) is 2.58. The molecule has 1 rings (SSSR count). The highest BCUT2D eigenvalue weighted by Gasteiger charge is 2.02. The number of alkyl halides is 1. The van der Waals surface area contributed by atoms with Gasteiger partial charge in [0, 0.05) is 12.3 Å². The molecule has 0 unspecified atom stereocenters. The summed E-state index contributed by atoms with van der Waals surface area (Å²) in [5.41, 5.74) is 0. The van der Waals surface area contributed by atoms with Gasteiger partial charge < -0.3 is 0 Å². The van der Waals surface area contributed by atoms with Crippen molar-refractivity contribution in [3.63, 3.8) is 0 Å². The second-order valence-electron chi connectivity index (χ2n) is 1.26. The van der Waals surface area contributed by atoms with E-state index in [2.05, 4.69) is 4.99 Å². The van der Waals surface area contributed by atoms with Crippen LogP contribution in [0.3, 0.4) is 0 Å². The third-order valence-electron chi connectivity index (χ3n) is 0.762. The van der Waals surface area contributed by atoms with Gasteiger partial charge in [0.1, 0.15) is 0 Å². The lowest BCUT2D eigenvalue weighted by Crippen LogP contribution is -1.85. The Morgan fingerprint density at radius 2 is 2.71 bits per heavy atom. The van der Waals surface area contributed by atoms with Gasteiger partial charge in [0.2, 0.25) is 0 Å². The Hall–Kier alpha value is 0.310. The summed E-state index contributed by atoms with van der Waals surface area (Å²) >= 11 is 7.22. The van der Waals surface area contributed by atoms with Crippen molar-refractivity contribution in [1.82, 2.24) is 0 Å². The largest absolute Gasteiger partial charge is 0.281 e. The number of halogens is 1. The molecule has 7 heavy (non-hydrogen) atoms. The molecule has 0 spiro atoms. The first-order valence-electron chi connectivity index (χ1n) is 2.15. The lowest BCUT2D eigenvalue weighted by atomic mass is 10.7. The molecule has 1 heterocycles. The maximum Gasteiger partial charge on any atom is 0.0825 e. The number of thioether (sulfide) groups is 1. The summed E-state index contributed by atoms with van der Waals surface area (Å²) in [5, 5.41) is 1.10. The molecule has 0 aliphatic carbocycles. The van der Waals surface area contributed by atoms with Crippen LogP contribution in [-0.2, 0) is 0 Å². The van der Waals surface area contributed by atoms with E-state index in [0.717, 1.165) is 17.3 Å². The van der Waals surface area contributed by atoms with Gasteiger partial charge in [0.25, 0.3) is 0 Å². The summed E-state index contributed by atoms with van der Waals surface area (Å²) in [6.07, 6.45) is 0. The third kappa shape index (κ3) is 1.35. The molecule has 0 aromatic rings. The van der Waals surface area contributed by atoms with Gasteiger partial charge in [0.05, 0.1) is 10.9 Å². The van der Waals surface area contributed by atoms with Gasteiger partial charge in [0.15, 0.2) is 0 Å². The first-order valence-corrected chi connectivity index (χ1v) is 3.67. The average molecular weight is 136 g/mol. The Balaban J connectivity index is 2.36. The molecule has 0 saturated carbocycles. The van der Waals surface area contributed by atoms with Crippen LogP contribution in [0.1, 0.15) is 0 Å². The van der Waals surface area contributed by atoms with Gasteiger partial charge in [-0.3, -0.25) is 4.99 Å². The van der Waals surface area contributed by atoms with Gasteiger partial charge >= 0.3 is 0 Å². The topological polar surface area (TPSA) is 12.4 Å². The van der Waals surface area contributed by atoms with E-state index in [-0.39, 0.29) is 0 Å². The number of aliphatic imine (C=N–C) groups is 1. The maximum absolute atomic E-state index is 5.46. The molecule has 0 bridgehead atoms. The minimum atomic E-state index is 0.602. The molecule has 3 heteroatoms. The SMILES string of the molecule is ClCC1=NCCS1. The molecule has 1 nitrogen and oxygen atoms in total. The highest BCUT2D eigenvalue weighted by molar-refractivity contribution is 8.14. The molecule has 0 fully saturated rings. The predicted molar refractivity (Wildman–Crippen MR) is 35.5 cm³/mol. The smallest absolute Gasteiger partial charge is 0.0825 e. The van der Waals surface area contributed by atoms with E-state index in [4.69, 9.17) is 11.6 Å². The zero-order valence-corrected chi connectivity index (χ0v) is 5.43. The lowest BCUT2D eigenvalue weighted by molar-refractivity contribution is 1.17. The van der Waals surface area contributed by atoms with E-state index < -0.39 is 0 Å². The Labute approximate surface area is 52.1 Å². The normalized spacial score (nSPS) is 19.9. The van der Waals surface area contributed by atoms with Gasteiger partial charge in [-0.1, -0.05) is 0 Å². The quantitative estimate of drug-likeness (QED) is 0.495. The van der Waals surface area contributed by atoms with E-state index in [0.29, 0.717) is 5.88 Å². The molecule has 0 saturated heterocycles. The van der Waals surface area contributed by atoms with Crippen LogP contribution < -0.4 is 0 Å². The first kappa shape index (κ1) is 5.45. The summed E-state index contributed by atoms with van der Waals surface area (Å²) in [6, 6.07) is 0. The number of hydrogen-bond donors (Lipinski definition) is 0. The van der Waals surface area contributed by atoms with Crippen LogP contribution >= 0.6 is 23.4 Å². The Bertz CT molecular complexity index is 91.7. The summed E-state index contributed by atoms with van der Waals surface area (Å²) in [6.45, 7) is 0.965. The summed E-state index contributed by atoms with van der Waals surface area (Å²) < 4.78 is 0. The minimum Gasteiger partial charge on any atom is -0.281 e. The maximum atomic E-state index is 5.46. The van der Waals surface area contributed by atoms with Crippen molar-refractivity contribution in [2.24, 2.45) is 4.99 Å².